The molecular weight excluding hydrogens is 330 g/mol. The number of ether oxygens (including phenoxy) is 1. The van der Waals surface area contributed by atoms with Crippen LogP contribution in [0.15, 0.2) is 39.9 Å². The number of benzene rings is 1. The van der Waals surface area contributed by atoms with E-state index in [2.05, 4.69) is 4.72 Å². The third-order valence-electron chi connectivity index (χ3n) is 3.17. The van der Waals surface area contributed by atoms with Crippen molar-refractivity contribution in [3.63, 3.8) is 0 Å². The molecule has 1 aromatic heterocycles. The third kappa shape index (κ3) is 3.84. The lowest BCUT2D eigenvalue weighted by Crippen LogP contribution is -2.29. The van der Waals surface area contributed by atoms with Crippen molar-refractivity contribution in [3.8, 4) is 0 Å². The first kappa shape index (κ1) is 16.5. The maximum atomic E-state index is 12.4. The molecule has 4 nitrogen and oxygen atoms in total. The molecule has 1 aromatic carbocycles. The lowest BCUT2D eigenvalue weighted by Gasteiger charge is -2.16. The van der Waals surface area contributed by atoms with Crippen molar-refractivity contribution in [1.82, 2.24) is 4.72 Å². The van der Waals surface area contributed by atoms with Crippen molar-refractivity contribution in [3.05, 3.63) is 51.2 Å². The largest absolute Gasteiger partial charge is 0.375 e. The fourth-order valence-electron chi connectivity index (χ4n) is 1.94. The lowest BCUT2D eigenvalue weighted by atomic mass is 10.2. The highest BCUT2D eigenvalue weighted by molar-refractivity contribution is 7.89. The number of hydrogen-bond donors (Lipinski definition) is 1. The summed E-state index contributed by atoms with van der Waals surface area (Å²) in [5.74, 6) is 0. The van der Waals surface area contributed by atoms with Crippen LogP contribution in [0.25, 0.3) is 0 Å². The standard InChI is InChI=1S/C14H16ClNO3S2/c1-10-12(15)4-3-5-14(10)21(17,18)16-8-13(19-2)11-6-7-20-9-11/h3-7,9,13,16H,8H2,1-2H3. The van der Waals surface area contributed by atoms with Crippen molar-refractivity contribution in [2.24, 2.45) is 0 Å². The Balaban J connectivity index is 2.16. The fraction of sp³-hybridized carbons (Fsp3) is 0.286. The molecule has 0 radical (unpaired) electrons. The van der Waals surface area contributed by atoms with Gasteiger partial charge in [-0.2, -0.15) is 11.3 Å². The lowest BCUT2D eigenvalue weighted by molar-refractivity contribution is 0.107. The Bertz CT molecular complexity index is 699. The van der Waals surface area contributed by atoms with Crippen LogP contribution in [0.2, 0.25) is 5.02 Å². The third-order valence-corrected chi connectivity index (χ3v) is 5.84. The monoisotopic (exact) mass is 345 g/mol. The Morgan fingerprint density at radius 3 is 2.76 bits per heavy atom. The van der Waals surface area contributed by atoms with Crippen LogP contribution in [0, 0.1) is 6.92 Å². The zero-order valence-corrected chi connectivity index (χ0v) is 14.1. The molecule has 1 heterocycles. The van der Waals surface area contributed by atoms with Gasteiger partial charge in [0, 0.05) is 18.7 Å². The SMILES string of the molecule is COC(CNS(=O)(=O)c1cccc(Cl)c1C)c1ccsc1. The minimum atomic E-state index is -3.62. The normalized spacial score (nSPS) is 13.3. The fourth-order valence-corrected chi connectivity index (χ4v) is 4.17. The van der Waals surface area contributed by atoms with Crippen LogP contribution in [-0.2, 0) is 14.8 Å². The van der Waals surface area contributed by atoms with E-state index in [0.29, 0.717) is 10.6 Å². The highest BCUT2D eigenvalue weighted by Gasteiger charge is 2.20. The number of sulfonamides is 1. The van der Waals surface area contributed by atoms with Gasteiger partial charge in [0.05, 0.1) is 11.0 Å². The molecule has 7 heteroatoms. The van der Waals surface area contributed by atoms with E-state index in [0.717, 1.165) is 5.56 Å². The van der Waals surface area contributed by atoms with Crippen LogP contribution in [0.3, 0.4) is 0 Å². The summed E-state index contributed by atoms with van der Waals surface area (Å²) >= 11 is 7.52. The van der Waals surface area contributed by atoms with Crippen LogP contribution in [0.4, 0.5) is 0 Å². The summed E-state index contributed by atoms with van der Waals surface area (Å²) in [7, 11) is -2.06. The van der Waals surface area contributed by atoms with E-state index in [4.69, 9.17) is 16.3 Å². The first-order valence-corrected chi connectivity index (χ1v) is 9.06. The molecule has 0 fully saturated rings. The van der Waals surface area contributed by atoms with E-state index in [-0.39, 0.29) is 17.5 Å². The summed E-state index contributed by atoms with van der Waals surface area (Å²) in [6.07, 6.45) is -0.314. The van der Waals surface area contributed by atoms with E-state index in [1.54, 1.807) is 37.5 Å². The first-order chi connectivity index (χ1) is 9.95. The number of rotatable bonds is 6. The number of halogens is 1. The Morgan fingerprint density at radius 1 is 1.38 bits per heavy atom. The minimum absolute atomic E-state index is 0.168. The van der Waals surface area contributed by atoms with Gasteiger partial charge in [0.2, 0.25) is 10.0 Å². The molecule has 21 heavy (non-hydrogen) atoms. The predicted molar refractivity (Wildman–Crippen MR) is 85.4 cm³/mol. The quantitative estimate of drug-likeness (QED) is 0.873. The van der Waals surface area contributed by atoms with Gasteiger partial charge in [-0.05, 0) is 47.0 Å². The number of hydrogen-bond acceptors (Lipinski definition) is 4. The molecule has 0 aliphatic heterocycles. The Hall–Kier alpha value is -0.920. The van der Waals surface area contributed by atoms with Gasteiger partial charge in [-0.3, -0.25) is 0 Å². The summed E-state index contributed by atoms with van der Waals surface area (Å²) in [6, 6.07) is 6.74. The summed E-state index contributed by atoms with van der Waals surface area (Å²) in [4.78, 5) is 0.190. The molecule has 0 saturated heterocycles. The molecule has 1 unspecified atom stereocenters. The molecular formula is C14H16ClNO3S2. The van der Waals surface area contributed by atoms with Gasteiger partial charge >= 0.3 is 0 Å². The van der Waals surface area contributed by atoms with E-state index >= 15 is 0 Å². The number of thiophene rings is 1. The second-order valence-corrected chi connectivity index (χ2v) is 7.42. The summed E-state index contributed by atoms with van der Waals surface area (Å²) in [5.41, 5.74) is 1.49. The van der Waals surface area contributed by atoms with Gasteiger partial charge in [-0.1, -0.05) is 17.7 Å². The predicted octanol–water partition coefficient (Wildman–Crippen LogP) is 3.38. The number of nitrogens with one attached hydrogen (secondary N) is 1. The highest BCUT2D eigenvalue weighted by atomic mass is 35.5. The molecule has 0 bridgehead atoms. The van der Waals surface area contributed by atoms with Crippen LogP contribution in [0.1, 0.15) is 17.2 Å². The number of methoxy groups -OCH3 is 1. The van der Waals surface area contributed by atoms with Gasteiger partial charge in [-0.15, -0.1) is 0 Å². The highest BCUT2D eigenvalue weighted by Crippen LogP contribution is 2.24. The van der Waals surface area contributed by atoms with Crippen molar-refractivity contribution in [1.29, 1.82) is 0 Å². The van der Waals surface area contributed by atoms with Gasteiger partial charge in [0.15, 0.2) is 0 Å². The van der Waals surface area contributed by atoms with Crippen LogP contribution in [-0.4, -0.2) is 22.1 Å². The van der Waals surface area contributed by atoms with Crippen molar-refractivity contribution < 1.29 is 13.2 Å². The molecule has 0 amide bonds. The van der Waals surface area contributed by atoms with Gasteiger partial charge in [0.1, 0.15) is 0 Å². The molecule has 1 N–H and O–H groups in total. The summed E-state index contributed by atoms with van der Waals surface area (Å²) in [5, 5.41) is 4.29. The maximum absolute atomic E-state index is 12.4. The minimum Gasteiger partial charge on any atom is -0.375 e. The Kier molecular flexibility index (Phi) is 5.40. The van der Waals surface area contributed by atoms with Gasteiger partial charge in [-0.25, -0.2) is 13.1 Å². The molecule has 2 aromatic rings. The Labute approximate surface area is 133 Å². The molecule has 0 saturated carbocycles. The van der Waals surface area contributed by atoms with Crippen molar-refractivity contribution >= 4 is 33.0 Å². The Morgan fingerprint density at radius 2 is 2.14 bits per heavy atom. The second-order valence-electron chi connectivity index (χ2n) is 4.50. The molecule has 0 spiro atoms. The smallest absolute Gasteiger partial charge is 0.240 e. The zero-order chi connectivity index (χ0) is 15.5. The van der Waals surface area contributed by atoms with Crippen molar-refractivity contribution in [2.75, 3.05) is 13.7 Å². The second kappa shape index (κ2) is 6.89. The van der Waals surface area contributed by atoms with E-state index < -0.39 is 10.0 Å². The molecule has 2 rings (SSSR count). The first-order valence-electron chi connectivity index (χ1n) is 6.25. The maximum Gasteiger partial charge on any atom is 0.240 e. The van der Waals surface area contributed by atoms with E-state index in [1.165, 1.54) is 6.07 Å². The van der Waals surface area contributed by atoms with Crippen LogP contribution >= 0.6 is 22.9 Å². The van der Waals surface area contributed by atoms with Crippen LogP contribution < -0.4 is 4.72 Å². The van der Waals surface area contributed by atoms with Crippen LogP contribution in [0.5, 0.6) is 0 Å². The molecule has 0 aliphatic carbocycles. The van der Waals surface area contributed by atoms with E-state index in [1.807, 2.05) is 16.8 Å². The van der Waals surface area contributed by atoms with Gasteiger partial charge in [0.25, 0.3) is 0 Å². The molecule has 1 atom stereocenters. The summed E-state index contributed by atoms with van der Waals surface area (Å²) < 4.78 is 32.7. The average molecular weight is 346 g/mol. The molecule has 0 aliphatic rings. The van der Waals surface area contributed by atoms with Crippen molar-refractivity contribution in [2.45, 2.75) is 17.9 Å². The zero-order valence-electron chi connectivity index (χ0n) is 11.7. The summed E-state index contributed by atoms with van der Waals surface area (Å²) in [6.45, 7) is 1.85. The topological polar surface area (TPSA) is 55.4 Å². The van der Waals surface area contributed by atoms with Gasteiger partial charge < -0.3 is 4.74 Å². The van der Waals surface area contributed by atoms with E-state index in [9.17, 15) is 8.42 Å². The average Bonchev–Trinajstić information content (AvgIpc) is 2.96. The molecule has 114 valence electrons.